The molecule has 6 heteroatoms. The minimum absolute atomic E-state index is 0.0389. The lowest BCUT2D eigenvalue weighted by Gasteiger charge is -2.26. The van der Waals surface area contributed by atoms with Gasteiger partial charge >= 0.3 is 0 Å². The highest BCUT2D eigenvalue weighted by molar-refractivity contribution is 6.33. The van der Waals surface area contributed by atoms with Gasteiger partial charge in [-0.1, -0.05) is 23.7 Å². The maximum Gasteiger partial charge on any atom is 0.264 e. The Morgan fingerprint density at radius 3 is 2.67 bits per heavy atom. The van der Waals surface area contributed by atoms with Crippen molar-refractivity contribution in [3.05, 3.63) is 52.8 Å². The average molecular weight is 343 g/mol. The molecule has 1 aromatic heterocycles. The second-order valence-electron chi connectivity index (χ2n) is 5.26. The summed E-state index contributed by atoms with van der Waals surface area (Å²) in [6.45, 7) is 1.95. The Labute approximate surface area is 144 Å². The Morgan fingerprint density at radius 2 is 1.96 bits per heavy atom. The molecule has 1 aliphatic rings. The number of furan rings is 1. The number of amides is 1. The van der Waals surface area contributed by atoms with Crippen LogP contribution in [0.25, 0.3) is 17.4 Å². The van der Waals surface area contributed by atoms with Crippen molar-refractivity contribution in [1.29, 1.82) is 5.26 Å². The SMILES string of the molecule is N#CC(=Cc1ccc(-c2ccccc2Cl)o1)C(=O)N1CCOCC1. The van der Waals surface area contributed by atoms with E-state index in [-0.39, 0.29) is 11.5 Å². The van der Waals surface area contributed by atoms with Gasteiger partial charge in [0.15, 0.2) is 0 Å². The predicted molar refractivity (Wildman–Crippen MR) is 90.1 cm³/mol. The Kier molecular flexibility index (Phi) is 4.99. The first-order valence-electron chi connectivity index (χ1n) is 7.52. The first-order chi connectivity index (χ1) is 11.7. The largest absolute Gasteiger partial charge is 0.457 e. The van der Waals surface area contributed by atoms with Crippen LogP contribution >= 0.6 is 11.6 Å². The molecule has 5 nitrogen and oxygen atoms in total. The molecule has 0 spiro atoms. The lowest BCUT2D eigenvalue weighted by atomic mass is 10.2. The van der Waals surface area contributed by atoms with Crippen LogP contribution in [0.2, 0.25) is 5.02 Å². The fourth-order valence-electron chi connectivity index (χ4n) is 2.46. The highest BCUT2D eigenvalue weighted by Crippen LogP contribution is 2.29. The normalized spacial score (nSPS) is 15.2. The van der Waals surface area contributed by atoms with Gasteiger partial charge in [-0.25, -0.2) is 0 Å². The van der Waals surface area contributed by atoms with Gasteiger partial charge < -0.3 is 14.1 Å². The van der Waals surface area contributed by atoms with Crippen LogP contribution in [0.1, 0.15) is 5.76 Å². The van der Waals surface area contributed by atoms with Crippen LogP contribution in [0, 0.1) is 11.3 Å². The quantitative estimate of drug-likeness (QED) is 0.633. The molecule has 1 aromatic carbocycles. The first-order valence-corrected chi connectivity index (χ1v) is 7.90. The van der Waals surface area contributed by atoms with E-state index in [0.717, 1.165) is 5.56 Å². The number of rotatable bonds is 3. The molecule has 1 saturated heterocycles. The van der Waals surface area contributed by atoms with E-state index in [4.69, 9.17) is 20.8 Å². The van der Waals surface area contributed by atoms with E-state index in [0.29, 0.717) is 42.8 Å². The third-order valence-corrected chi connectivity index (χ3v) is 4.03. The number of halogens is 1. The number of carbonyl (C=O) groups is 1. The molecule has 1 aliphatic heterocycles. The van der Waals surface area contributed by atoms with Crippen molar-refractivity contribution in [2.75, 3.05) is 26.3 Å². The van der Waals surface area contributed by atoms with E-state index in [9.17, 15) is 10.1 Å². The van der Waals surface area contributed by atoms with E-state index in [1.807, 2.05) is 24.3 Å². The van der Waals surface area contributed by atoms with Gasteiger partial charge in [0.1, 0.15) is 23.2 Å². The Morgan fingerprint density at radius 1 is 1.21 bits per heavy atom. The minimum atomic E-state index is -0.309. The molecule has 0 atom stereocenters. The number of nitriles is 1. The van der Waals surface area contributed by atoms with Gasteiger partial charge in [0, 0.05) is 24.7 Å². The maximum atomic E-state index is 12.4. The number of hydrogen-bond acceptors (Lipinski definition) is 4. The molecular formula is C18H15ClN2O3. The number of carbonyl (C=O) groups excluding carboxylic acids is 1. The Balaban J connectivity index is 1.83. The summed E-state index contributed by atoms with van der Waals surface area (Å²) >= 11 is 6.15. The smallest absolute Gasteiger partial charge is 0.264 e. The van der Waals surface area contributed by atoms with Gasteiger partial charge in [-0.2, -0.15) is 5.26 Å². The molecule has 2 aromatic rings. The average Bonchev–Trinajstić information content (AvgIpc) is 3.08. The highest BCUT2D eigenvalue weighted by atomic mass is 35.5. The third kappa shape index (κ3) is 3.51. The van der Waals surface area contributed by atoms with E-state index in [1.165, 1.54) is 6.08 Å². The maximum absolute atomic E-state index is 12.4. The summed E-state index contributed by atoms with van der Waals surface area (Å²) in [5.41, 5.74) is 0.800. The van der Waals surface area contributed by atoms with Crippen LogP contribution in [0.3, 0.4) is 0 Å². The van der Waals surface area contributed by atoms with Crippen molar-refractivity contribution in [3.8, 4) is 17.4 Å². The van der Waals surface area contributed by atoms with Crippen LogP contribution < -0.4 is 0 Å². The van der Waals surface area contributed by atoms with Gasteiger partial charge in [-0.15, -0.1) is 0 Å². The molecule has 0 bridgehead atoms. The van der Waals surface area contributed by atoms with Crippen molar-refractivity contribution in [1.82, 2.24) is 4.90 Å². The summed E-state index contributed by atoms with van der Waals surface area (Å²) in [5.74, 6) is 0.711. The lowest BCUT2D eigenvalue weighted by Crippen LogP contribution is -2.41. The standard InChI is InChI=1S/C18H15ClN2O3/c19-16-4-2-1-3-15(16)17-6-5-14(24-17)11-13(12-20)18(22)21-7-9-23-10-8-21/h1-6,11H,7-10H2. The van der Waals surface area contributed by atoms with Crippen molar-refractivity contribution >= 4 is 23.6 Å². The zero-order chi connectivity index (χ0) is 16.9. The molecule has 0 unspecified atom stereocenters. The van der Waals surface area contributed by atoms with Crippen molar-refractivity contribution in [2.45, 2.75) is 0 Å². The summed E-state index contributed by atoms with van der Waals surface area (Å²) in [5, 5.41) is 9.87. The molecule has 24 heavy (non-hydrogen) atoms. The highest BCUT2D eigenvalue weighted by Gasteiger charge is 2.21. The van der Waals surface area contributed by atoms with E-state index in [1.54, 1.807) is 23.1 Å². The van der Waals surface area contributed by atoms with Crippen molar-refractivity contribution < 1.29 is 13.9 Å². The summed E-state index contributed by atoms with van der Waals surface area (Å²) < 4.78 is 10.9. The second-order valence-corrected chi connectivity index (χ2v) is 5.66. The summed E-state index contributed by atoms with van der Waals surface area (Å²) in [7, 11) is 0. The third-order valence-electron chi connectivity index (χ3n) is 3.70. The van der Waals surface area contributed by atoms with Gasteiger partial charge in [-0.3, -0.25) is 4.79 Å². The van der Waals surface area contributed by atoms with Gasteiger partial charge in [-0.05, 0) is 24.3 Å². The number of nitrogens with zero attached hydrogens (tertiary/aromatic N) is 2. The molecular weight excluding hydrogens is 328 g/mol. The van der Waals surface area contributed by atoms with Crippen LogP contribution in [0.15, 0.2) is 46.4 Å². The van der Waals surface area contributed by atoms with Crippen molar-refractivity contribution in [2.24, 2.45) is 0 Å². The summed E-state index contributed by atoms with van der Waals surface area (Å²) in [6.07, 6.45) is 1.46. The Hall–Kier alpha value is -2.55. The van der Waals surface area contributed by atoms with Crippen LogP contribution in [0.4, 0.5) is 0 Å². The fraction of sp³-hybridized carbons (Fsp3) is 0.222. The Bertz CT molecular complexity index is 814. The monoisotopic (exact) mass is 342 g/mol. The minimum Gasteiger partial charge on any atom is -0.457 e. The summed E-state index contributed by atoms with van der Waals surface area (Å²) in [6, 6.07) is 12.7. The number of morpholine rings is 1. The van der Waals surface area contributed by atoms with Crippen LogP contribution in [-0.4, -0.2) is 37.1 Å². The molecule has 0 saturated carbocycles. The number of hydrogen-bond donors (Lipinski definition) is 0. The zero-order valence-electron chi connectivity index (χ0n) is 12.9. The molecule has 1 fully saturated rings. The molecule has 1 amide bonds. The molecule has 0 N–H and O–H groups in total. The molecule has 0 radical (unpaired) electrons. The number of ether oxygens (including phenoxy) is 1. The molecule has 2 heterocycles. The molecule has 3 rings (SSSR count). The van der Waals surface area contributed by atoms with Gasteiger partial charge in [0.2, 0.25) is 0 Å². The van der Waals surface area contributed by atoms with E-state index < -0.39 is 0 Å². The van der Waals surface area contributed by atoms with E-state index in [2.05, 4.69) is 0 Å². The van der Waals surface area contributed by atoms with Crippen LogP contribution in [-0.2, 0) is 9.53 Å². The van der Waals surface area contributed by atoms with E-state index >= 15 is 0 Å². The van der Waals surface area contributed by atoms with Gasteiger partial charge in [0.05, 0.1) is 18.2 Å². The zero-order valence-corrected chi connectivity index (χ0v) is 13.6. The predicted octanol–water partition coefficient (Wildman–Crippen LogP) is 3.37. The summed E-state index contributed by atoms with van der Waals surface area (Å²) in [4.78, 5) is 14.0. The number of benzene rings is 1. The second kappa shape index (κ2) is 7.35. The first kappa shape index (κ1) is 16.3. The lowest BCUT2D eigenvalue weighted by molar-refractivity contribution is -0.130. The topological polar surface area (TPSA) is 66.5 Å². The fourth-order valence-corrected chi connectivity index (χ4v) is 2.69. The molecule has 122 valence electrons. The van der Waals surface area contributed by atoms with Crippen molar-refractivity contribution in [3.63, 3.8) is 0 Å². The van der Waals surface area contributed by atoms with Crippen LogP contribution in [0.5, 0.6) is 0 Å². The molecule has 0 aliphatic carbocycles. The van der Waals surface area contributed by atoms with Gasteiger partial charge in [0.25, 0.3) is 5.91 Å².